The third kappa shape index (κ3) is 5.47. The van der Waals surface area contributed by atoms with Crippen molar-refractivity contribution in [2.24, 2.45) is 23.2 Å². The first-order valence-electron chi connectivity index (χ1n) is 12.8. The Hall–Kier alpha value is -1.43. The summed E-state index contributed by atoms with van der Waals surface area (Å²) in [6.07, 6.45) is 12.3. The van der Waals surface area contributed by atoms with Crippen molar-refractivity contribution in [3.63, 3.8) is 0 Å². The number of hydrogen-bond acceptors (Lipinski definition) is 4. The number of benzene rings is 1. The monoisotopic (exact) mass is 471 g/mol. The van der Waals surface area contributed by atoms with Crippen molar-refractivity contribution in [2.75, 3.05) is 5.75 Å². The predicted octanol–water partition coefficient (Wildman–Crippen LogP) is 6.09. The van der Waals surface area contributed by atoms with Gasteiger partial charge in [-0.3, -0.25) is 0 Å². The van der Waals surface area contributed by atoms with Gasteiger partial charge in [0.2, 0.25) is 0 Å². The molecule has 0 saturated heterocycles. The zero-order valence-corrected chi connectivity index (χ0v) is 21.0. The van der Waals surface area contributed by atoms with Gasteiger partial charge in [-0.25, -0.2) is 8.99 Å². The molecular weight excluding hydrogens is 430 g/mol. The molecule has 3 aliphatic carbocycles. The average molecular weight is 472 g/mol. The summed E-state index contributed by atoms with van der Waals surface area (Å²) in [6, 6.07) is 9.29. The minimum atomic E-state index is -2.73. The van der Waals surface area contributed by atoms with E-state index in [0.717, 1.165) is 18.4 Å². The number of aliphatic hydroxyl groups is 2. The Bertz CT molecular complexity index is 972. The molecule has 0 aromatic heterocycles. The molecule has 3 fully saturated rings. The molecule has 33 heavy (non-hydrogen) atoms. The Morgan fingerprint density at radius 1 is 1.15 bits per heavy atom. The minimum Gasteiger partial charge on any atom is -0.393 e. The highest BCUT2D eigenvalue weighted by Gasteiger charge is 2.50. The van der Waals surface area contributed by atoms with E-state index in [2.05, 4.69) is 26.0 Å². The maximum Gasteiger partial charge on any atom is 0.0726 e. The smallest absolute Gasteiger partial charge is 0.0726 e. The summed E-state index contributed by atoms with van der Waals surface area (Å²) in [5, 5.41) is 20.0. The molecule has 0 radical (unpaired) electrons. The maximum atomic E-state index is 13.0. The maximum absolute atomic E-state index is 13.0. The highest BCUT2D eigenvalue weighted by atomic mass is 32.2. The fraction of sp³-hybridized carbons (Fsp3) is 0.643. The second-order valence-corrected chi connectivity index (χ2v) is 13.3. The van der Waals surface area contributed by atoms with Crippen LogP contribution in [0.15, 0.2) is 58.5 Å². The van der Waals surface area contributed by atoms with Gasteiger partial charge in [0.25, 0.3) is 0 Å². The van der Waals surface area contributed by atoms with Gasteiger partial charge in [0.05, 0.1) is 21.9 Å². The SMILES string of the molecule is C[C@H](CC[S@](=N)(=O)c1ccccc1)[C@H]1CC[C@H]2/C(=C/C=C3C[C@@H](O)C[C@H](O)C3)CCC[C@]12C. The minimum absolute atomic E-state index is 0.267. The molecule has 1 aromatic rings. The van der Waals surface area contributed by atoms with E-state index in [4.69, 9.17) is 4.78 Å². The number of allylic oxidation sites excluding steroid dienone is 3. The van der Waals surface area contributed by atoms with Gasteiger partial charge in [-0.2, -0.15) is 0 Å². The van der Waals surface area contributed by atoms with Crippen molar-refractivity contribution in [1.82, 2.24) is 0 Å². The largest absolute Gasteiger partial charge is 0.393 e. The topological polar surface area (TPSA) is 81.4 Å². The van der Waals surface area contributed by atoms with Gasteiger partial charge in [-0.15, -0.1) is 0 Å². The van der Waals surface area contributed by atoms with E-state index < -0.39 is 21.9 Å². The van der Waals surface area contributed by atoms with Crippen molar-refractivity contribution in [3.05, 3.63) is 53.6 Å². The summed E-state index contributed by atoms with van der Waals surface area (Å²) in [4.78, 5) is 0.654. The van der Waals surface area contributed by atoms with Crippen LogP contribution in [-0.4, -0.2) is 32.4 Å². The number of aliphatic hydroxyl groups excluding tert-OH is 2. The molecule has 4 nitrogen and oxygen atoms in total. The highest BCUT2D eigenvalue weighted by Crippen LogP contribution is 2.59. The first-order chi connectivity index (χ1) is 15.7. The lowest BCUT2D eigenvalue weighted by molar-refractivity contribution is 0.0609. The Kier molecular flexibility index (Phi) is 7.52. The predicted molar refractivity (Wildman–Crippen MR) is 134 cm³/mol. The van der Waals surface area contributed by atoms with Crippen molar-refractivity contribution in [1.29, 1.82) is 4.78 Å². The summed E-state index contributed by atoms with van der Waals surface area (Å²) in [7, 11) is -2.73. The summed E-state index contributed by atoms with van der Waals surface area (Å²) in [5.41, 5.74) is 2.97. The Morgan fingerprint density at radius 3 is 2.55 bits per heavy atom. The number of fused-ring (bicyclic) bond motifs is 1. The molecule has 5 heteroatoms. The van der Waals surface area contributed by atoms with Gasteiger partial charge in [0.1, 0.15) is 0 Å². The summed E-state index contributed by atoms with van der Waals surface area (Å²) in [5.74, 6) is 2.08. The van der Waals surface area contributed by atoms with Crippen LogP contribution in [0.2, 0.25) is 0 Å². The van der Waals surface area contributed by atoms with Gasteiger partial charge >= 0.3 is 0 Å². The number of nitrogens with one attached hydrogen (secondary N) is 1. The lowest BCUT2D eigenvalue weighted by Gasteiger charge is -2.44. The quantitative estimate of drug-likeness (QED) is 0.469. The third-order valence-corrected chi connectivity index (χ3v) is 10.6. The van der Waals surface area contributed by atoms with Crippen LogP contribution in [-0.2, 0) is 9.73 Å². The zero-order valence-electron chi connectivity index (χ0n) is 20.2. The lowest BCUT2D eigenvalue weighted by Crippen LogP contribution is -2.36. The van der Waals surface area contributed by atoms with Gasteiger partial charge < -0.3 is 10.2 Å². The van der Waals surface area contributed by atoms with Crippen LogP contribution < -0.4 is 0 Å². The fourth-order valence-corrected chi connectivity index (χ4v) is 8.59. The first-order valence-corrected chi connectivity index (χ1v) is 14.5. The van der Waals surface area contributed by atoms with Crippen molar-refractivity contribution < 1.29 is 14.4 Å². The van der Waals surface area contributed by atoms with E-state index in [1.807, 2.05) is 30.3 Å². The van der Waals surface area contributed by atoms with E-state index in [0.29, 0.717) is 47.7 Å². The molecule has 0 spiro atoms. The average Bonchev–Trinajstić information content (AvgIpc) is 3.13. The molecule has 0 heterocycles. The van der Waals surface area contributed by atoms with Crippen LogP contribution in [0.25, 0.3) is 0 Å². The summed E-state index contributed by atoms with van der Waals surface area (Å²) >= 11 is 0. The van der Waals surface area contributed by atoms with E-state index in [1.165, 1.54) is 31.3 Å². The van der Waals surface area contributed by atoms with Gasteiger partial charge in [0, 0.05) is 10.6 Å². The standard InChI is InChI=1S/C28H41NO3S/c1-20(14-16-33(29,32)25-8-4-3-5-9-25)26-12-13-27-22(7-6-15-28(26,27)2)11-10-21-17-23(30)19-24(31)18-21/h3-5,8-11,20,23-24,26-27,29-31H,6-7,12-19H2,1-2H3/b22-11+/t20-,23-,24-,26-,27+,28-,33+/m1/s1. The molecule has 7 atom stereocenters. The van der Waals surface area contributed by atoms with Gasteiger partial charge in [0.15, 0.2) is 0 Å². The van der Waals surface area contributed by atoms with E-state index in [1.54, 1.807) is 0 Å². The Balaban J connectivity index is 1.44. The molecule has 182 valence electrons. The Labute approximate surface area is 200 Å². The zero-order chi connectivity index (χ0) is 23.6. The Morgan fingerprint density at radius 2 is 1.85 bits per heavy atom. The van der Waals surface area contributed by atoms with E-state index >= 15 is 0 Å². The highest BCUT2D eigenvalue weighted by molar-refractivity contribution is 7.92. The first kappa shape index (κ1) is 24.7. The molecule has 0 bridgehead atoms. The lowest BCUT2D eigenvalue weighted by atomic mass is 9.61. The molecule has 3 saturated carbocycles. The van der Waals surface area contributed by atoms with Crippen molar-refractivity contribution in [2.45, 2.75) is 88.7 Å². The second kappa shape index (κ2) is 10.1. The molecule has 3 N–H and O–H groups in total. The molecular formula is C28H41NO3S. The molecule has 4 rings (SSSR count). The number of hydrogen-bond donors (Lipinski definition) is 3. The molecule has 0 aliphatic heterocycles. The van der Waals surface area contributed by atoms with E-state index in [-0.39, 0.29) is 5.41 Å². The summed E-state index contributed by atoms with van der Waals surface area (Å²) < 4.78 is 21.5. The summed E-state index contributed by atoms with van der Waals surface area (Å²) in [6.45, 7) is 4.78. The molecule has 0 amide bonds. The van der Waals surface area contributed by atoms with Gasteiger partial charge in [-0.05, 0) is 93.1 Å². The van der Waals surface area contributed by atoms with Crippen LogP contribution in [0, 0.1) is 27.9 Å². The third-order valence-electron chi connectivity index (χ3n) is 8.78. The molecule has 1 aromatic carbocycles. The normalized spacial score (nSPS) is 36.2. The second-order valence-electron chi connectivity index (χ2n) is 11.1. The van der Waals surface area contributed by atoms with Crippen LogP contribution in [0.5, 0.6) is 0 Å². The van der Waals surface area contributed by atoms with Crippen molar-refractivity contribution >= 4 is 9.73 Å². The van der Waals surface area contributed by atoms with Crippen LogP contribution in [0.3, 0.4) is 0 Å². The molecule has 3 aliphatic rings. The van der Waals surface area contributed by atoms with E-state index in [9.17, 15) is 14.4 Å². The number of rotatable bonds is 6. The van der Waals surface area contributed by atoms with Crippen LogP contribution >= 0.6 is 0 Å². The van der Waals surface area contributed by atoms with Crippen LogP contribution in [0.4, 0.5) is 0 Å². The van der Waals surface area contributed by atoms with Crippen molar-refractivity contribution in [3.8, 4) is 0 Å². The fourth-order valence-electron chi connectivity index (χ4n) is 7.06. The molecule has 0 unspecified atom stereocenters. The van der Waals surface area contributed by atoms with Gasteiger partial charge in [-0.1, -0.05) is 55.3 Å². The van der Waals surface area contributed by atoms with Crippen LogP contribution in [0.1, 0.15) is 71.6 Å².